The molecule has 3 aromatic heterocycles. The Bertz CT molecular complexity index is 680. The molecule has 0 atom stereocenters. The van der Waals surface area contributed by atoms with E-state index in [4.69, 9.17) is 0 Å². The van der Waals surface area contributed by atoms with Crippen LogP contribution in [0.15, 0.2) is 42.0 Å². The highest BCUT2D eigenvalue weighted by atomic mass is 32.1. The van der Waals surface area contributed by atoms with E-state index in [1.807, 2.05) is 36.6 Å². The predicted molar refractivity (Wildman–Crippen MR) is 75.4 cm³/mol. The molecule has 0 spiro atoms. The minimum Gasteiger partial charge on any atom is -0.300 e. The monoisotopic (exact) mass is 269 g/mol. The zero-order valence-corrected chi connectivity index (χ0v) is 11.1. The Morgan fingerprint density at radius 1 is 1.00 bits per heavy atom. The first-order chi connectivity index (χ1) is 9.31. The smallest absolute Gasteiger partial charge is 0.229 e. The Hall–Kier alpha value is -2.34. The molecule has 6 heteroatoms. The molecule has 3 aromatic rings. The number of rotatable bonds is 3. The third-order valence-electron chi connectivity index (χ3n) is 2.45. The lowest BCUT2D eigenvalue weighted by atomic mass is 10.3. The van der Waals surface area contributed by atoms with E-state index in [9.17, 15) is 0 Å². The minimum atomic E-state index is 0.557. The third kappa shape index (κ3) is 2.74. The first kappa shape index (κ1) is 11.7. The van der Waals surface area contributed by atoms with Gasteiger partial charge in [-0.2, -0.15) is 0 Å². The van der Waals surface area contributed by atoms with Crippen LogP contribution >= 0.6 is 11.3 Å². The molecule has 0 aliphatic rings. The summed E-state index contributed by atoms with van der Waals surface area (Å²) in [4.78, 5) is 17.2. The number of aromatic nitrogens is 4. The van der Waals surface area contributed by atoms with Crippen LogP contribution in [0.4, 0.5) is 11.1 Å². The van der Waals surface area contributed by atoms with Crippen molar-refractivity contribution in [2.45, 2.75) is 6.92 Å². The summed E-state index contributed by atoms with van der Waals surface area (Å²) >= 11 is 1.50. The average molecular weight is 269 g/mol. The van der Waals surface area contributed by atoms with Crippen molar-refractivity contribution in [2.24, 2.45) is 0 Å². The van der Waals surface area contributed by atoms with Crippen molar-refractivity contribution < 1.29 is 0 Å². The molecule has 0 aliphatic carbocycles. The summed E-state index contributed by atoms with van der Waals surface area (Å²) in [7, 11) is 0. The van der Waals surface area contributed by atoms with Gasteiger partial charge < -0.3 is 5.32 Å². The van der Waals surface area contributed by atoms with Gasteiger partial charge in [-0.15, -0.1) is 11.3 Å². The van der Waals surface area contributed by atoms with E-state index in [1.165, 1.54) is 11.3 Å². The van der Waals surface area contributed by atoms with Crippen LogP contribution in [0.1, 0.15) is 5.69 Å². The van der Waals surface area contributed by atoms with Crippen molar-refractivity contribution in [2.75, 3.05) is 5.32 Å². The van der Waals surface area contributed by atoms with Gasteiger partial charge in [-0.25, -0.2) is 15.0 Å². The maximum atomic E-state index is 4.47. The number of nitrogens with zero attached hydrogens (tertiary/aromatic N) is 4. The molecular weight excluding hydrogens is 258 g/mol. The van der Waals surface area contributed by atoms with Gasteiger partial charge in [0.25, 0.3) is 0 Å². The fourth-order valence-corrected chi connectivity index (χ4v) is 2.27. The number of thiazole rings is 1. The second-order valence-electron chi connectivity index (χ2n) is 3.90. The topological polar surface area (TPSA) is 63.6 Å². The Balaban J connectivity index is 1.82. The van der Waals surface area contributed by atoms with Crippen LogP contribution < -0.4 is 5.32 Å². The molecule has 3 rings (SSSR count). The van der Waals surface area contributed by atoms with E-state index >= 15 is 0 Å². The quantitative estimate of drug-likeness (QED) is 0.791. The molecule has 0 amide bonds. The molecule has 0 saturated heterocycles. The van der Waals surface area contributed by atoms with E-state index < -0.39 is 0 Å². The van der Waals surface area contributed by atoms with Crippen LogP contribution in [0.5, 0.6) is 0 Å². The molecule has 0 aromatic carbocycles. The Morgan fingerprint density at radius 3 is 2.74 bits per heavy atom. The van der Waals surface area contributed by atoms with Crippen molar-refractivity contribution >= 4 is 22.4 Å². The van der Waals surface area contributed by atoms with E-state index in [0.717, 1.165) is 22.2 Å². The number of nitrogens with one attached hydrogen (secondary N) is 1. The molecule has 0 aliphatic heterocycles. The maximum absolute atomic E-state index is 4.47. The summed E-state index contributed by atoms with van der Waals surface area (Å²) in [5.74, 6) is 0.557. The van der Waals surface area contributed by atoms with Gasteiger partial charge in [-0.05, 0) is 25.1 Å². The molecule has 1 N–H and O–H groups in total. The summed E-state index contributed by atoms with van der Waals surface area (Å²) in [5, 5.41) is 5.81. The van der Waals surface area contributed by atoms with E-state index in [-0.39, 0.29) is 0 Å². The summed E-state index contributed by atoms with van der Waals surface area (Å²) in [6.07, 6.45) is 3.48. The minimum absolute atomic E-state index is 0.557. The van der Waals surface area contributed by atoms with Crippen molar-refractivity contribution in [3.8, 4) is 11.4 Å². The predicted octanol–water partition coefficient (Wildman–Crippen LogP) is 3.05. The fraction of sp³-hybridized carbons (Fsp3) is 0.0769. The summed E-state index contributed by atoms with van der Waals surface area (Å²) in [6.45, 7) is 1.92. The highest BCUT2D eigenvalue weighted by Crippen LogP contribution is 2.24. The lowest BCUT2D eigenvalue weighted by Gasteiger charge is -2.00. The van der Waals surface area contributed by atoms with Gasteiger partial charge in [0.15, 0.2) is 5.13 Å². The molecule has 0 unspecified atom stereocenters. The van der Waals surface area contributed by atoms with E-state index in [1.54, 1.807) is 12.4 Å². The first-order valence-electron chi connectivity index (χ1n) is 5.75. The Morgan fingerprint density at radius 2 is 1.95 bits per heavy atom. The molecule has 3 heterocycles. The van der Waals surface area contributed by atoms with Gasteiger partial charge in [-0.1, -0.05) is 6.07 Å². The highest BCUT2D eigenvalue weighted by molar-refractivity contribution is 7.14. The van der Waals surface area contributed by atoms with Crippen LogP contribution in [-0.4, -0.2) is 19.9 Å². The number of anilines is 2. The van der Waals surface area contributed by atoms with Gasteiger partial charge in [0, 0.05) is 23.5 Å². The zero-order chi connectivity index (χ0) is 13.1. The van der Waals surface area contributed by atoms with Crippen molar-refractivity contribution in [3.05, 3.63) is 47.7 Å². The van der Waals surface area contributed by atoms with E-state index in [0.29, 0.717) is 5.95 Å². The Labute approximate surface area is 114 Å². The highest BCUT2D eigenvalue weighted by Gasteiger charge is 2.06. The summed E-state index contributed by atoms with van der Waals surface area (Å²) < 4.78 is 0. The second kappa shape index (κ2) is 5.11. The molecule has 0 fully saturated rings. The molecule has 0 bridgehead atoms. The molecule has 0 radical (unpaired) electrons. The average Bonchev–Trinajstić information content (AvgIpc) is 2.88. The van der Waals surface area contributed by atoms with Crippen LogP contribution in [0.2, 0.25) is 0 Å². The number of aryl methyl sites for hydroxylation is 1. The largest absolute Gasteiger partial charge is 0.300 e. The SMILES string of the molecule is Cc1ccnc(Nc2nc(-c3ccccn3)cs2)n1. The van der Waals surface area contributed by atoms with Crippen LogP contribution in [0.25, 0.3) is 11.4 Å². The molecular formula is C13H11N5S. The number of pyridine rings is 1. The second-order valence-corrected chi connectivity index (χ2v) is 4.76. The molecule has 19 heavy (non-hydrogen) atoms. The standard InChI is InChI=1S/C13H11N5S/c1-9-5-7-15-12(16-9)18-13-17-11(8-19-13)10-4-2-3-6-14-10/h2-8H,1H3,(H,15,16,17,18). The van der Waals surface area contributed by atoms with Crippen LogP contribution in [0, 0.1) is 6.92 Å². The van der Waals surface area contributed by atoms with Gasteiger partial charge >= 0.3 is 0 Å². The van der Waals surface area contributed by atoms with E-state index in [2.05, 4.69) is 25.3 Å². The summed E-state index contributed by atoms with van der Waals surface area (Å²) in [5.41, 5.74) is 2.62. The Kier molecular flexibility index (Phi) is 3.16. The molecule has 5 nitrogen and oxygen atoms in total. The number of hydrogen-bond donors (Lipinski definition) is 1. The van der Waals surface area contributed by atoms with Gasteiger partial charge in [0.2, 0.25) is 5.95 Å². The molecule has 0 saturated carbocycles. The number of hydrogen-bond acceptors (Lipinski definition) is 6. The maximum Gasteiger partial charge on any atom is 0.229 e. The summed E-state index contributed by atoms with van der Waals surface area (Å²) in [6, 6.07) is 7.61. The zero-order valence-electron chi connectivity index (χ0n) is 10.2. The van der Waals surface area contributed by atoms with Gasteiger partial charge in [0.1, 0.15) is 5.69 Å². The lowest BCUT2D eigenvalue weighted by molar-refractivity contribution is 1.10. The third-order valence-corrected chi connectivity index (χ3v) is 3.20. The molecule has 94 valence electrons. The van der Waals surface area contributed by atoms with Crippen molar-refractivity contribution in [1.82, 2.24) is 19.9 Å². The van der Waals surface area contributed by atoms with Crippen molar-refractivity contribution in [3.63, 3.8) is 0 Å². The van der Waals surface area contributed by atoms with Crippen LogP contribution in [0.3, 0.4) is 0 Å². The van der Waals surface area contributed by atoms with Gasteiger partial charge in [-0.3, -0.25) is 4.98 Å². The van der Waals surface area contributed by atoms with Crippen molar-refractivity contribution in [1.29, 1.82) is 0 Å². The first-order valence-corrected chi connectivity index (χ1v) is 6.63. The normalized spacial score (nSPS) is 10.4. The fourth-order valence-electron chi connectivity index (χ4n) is 1.57. The lowest BCUT2D eigenvalue weighted by Crippen LogP contribution is -1.97. The van der Waals surface area contributed by atoms with Gasteiger partial charge in [0.05, 0.1) is 5.69 Å². The van der Waals surface area contributed by atoms with Crippen LogP contribution in [-0.2, 0) is 0 Å².